The number of nitrogens with zero attached hydrogens (tertiary/aromatic N) is 2. The Morgan fingerprint density at radius 1 is 1.43 bits per heavy atom. The minimum absolute atomic E-state index is 0.217. The van der Waals surface area contributed by atoms with Crippen molar-refractivity contribution >= 4 is 21.6 Å². The van der Waals surface area contributed by atoms with Crippen LogP contribution in [0.25, 0.3) is 5.65 Å². The molecule has 0 aliphatic heterocycles. The molecule has 0 spiro atoms. The van der Waals surface area contributed by atoms with E-state index in [1.807, 2.05) is 28.8 Å². The Hall–Kier alpha value is -0.870. The second-order valence-corrected chi connectivity index (χ2v) is 3.95. The van der Waals surface area contributed by atoms with Crippen LogP contribution in [0.5, 0.6) is 0 Å². The third kappa shape index (κ3) is 1.81. The van der Waals surface area contributed by atoms with Crippen LogP contribution in [0.2, 0.25) is 0 Å². The van der Waals surface area contributed by atoms with Crippen molar-refractivity contribution < 1.29 is 5.11 Å². The van der Waals surface area contributed by atoms with Gasteiger partial charge >= 0.3 is 0 Å². The third-order valence-corrected chi connectivity index (χ3v) is 2.73. The Labute approximate surface area is 90.5 Å². The lowest BCUT2D eigenvalue weighted by Gasteiger charge is -1.94. The van der Waals surface area contributed by atoms with Crippen LogP contribution < -0.4 is 0 Å². The van der Waals surface area contributed by atoms with Gasteiger partial charge in [0.25, 0.3) is 0 Å². The summed E-state index contributed by atoms with van der Waals surface area (Å²) in [5.41, 5.74) is 1.96. The summed E-state index contributed by atoms with van der Waals surface area (Å²) in [4.78, 5) is 4.43. The van der Waals surface area contributed by atoms with Crippen LogP contribution in [0.4, 0.5) is 0 Å². The Balaban J connectivity index is 2.36. The molecule has 3 nitrogen and oxygen atoms in total. The highest BCUT2D eigenvalue weighted by Crippen LogP contribution is 2.14. The molecule has 0 saturated carbocycles. The Morgan fingerprint density at radius 3 is 3.00 bits per heavy atom. The molecule has 0 bridgehead atoms. The van der Waals surface area contributed by atoms with E-state index < -0.39 is 0 Å². The van der Waals surface area contributed by atoms with Crippen molar-refractivity contribution in [3.05, 3.63) is 34.7 Å². The van der Waals surface area contributed by atoms with E-state index in [4.69, 9.17) is 5.11 Å². The summed E-state index contributed by atoms with van der Waals surface area (Å²) < 4.78 is 2.99. The van der Waals surface area contributed by atoms with Gasteiger partial charge in [-0.1, -0.05) is 6.07 Å². The number of aliphatic hydroxyl groups excluding tert-OH is 1. The third-order valence-electron chi connectivity index (χ3n) is 2.08. The molecule has 2 rings (SSSR count). The predicted octanol–water partition coefficient (Wildman–Crippen LogP) is 2.02. The summed E-state index contributed by atoms with van der Waals surface area (Å²) in [6.07, 6.45) is 3.58. The number of imidazole rings is 1. The lowest BCUT2D eigenvalue weighted by Crippen LogP contribution is -1.88. The highest BCUT2D eigenvalue weighted by atomic mass is 79.9. The summed E-state index contributed by atoms with van der Waals surface area (Å²) in [6, 6.07) is 5.90. The van der Waals surface area contributed by atoms with Crippen LogP contribution in [0, 0.1) is 0 Å². The fourth-order valence-corrected chi connectivity index (χ4v) is 1.84. The van der Waals surface area contributed by atoms with E-state index in [2.05, 4.69) is 20.9 Å². The van der Waals surface area contributed by atoms with Gasteiger partial charge in [0.05, 0.1) is 10.3 Å². The standard InChI is InChI=1S/C10H11BrN2O/c11-9-4-1-5-10-12-8(3-2-6-14)7-13(9)10/h1,4-5,7,14H,2-3,6H2. The highest BCUT2D eigenvalue weighted by Gasteiger charge is 2.02. The van der Waals surface area contributed by atoms with Gasteiger partial charge in [0.2, 0.25) is 0 Å². The van der Waals surface area contributed by atoms with Crippen molar-refractivity contribution in [1.82, 2.24) is 9.38 Å². The Kier molecular flexibility index (Phi) is 2.84. The van der Waals surface area contributed by atoms with Crippen LogP contribution in [0.15, 0.2) is 29.0 Å². The average molecular weight is 255 g/mol. The molecule has 0 fully saturated rings. The van der Waals surface area contributed by atoms with Crippen LogP contribution in [0.1, 0.15) is 12.1 Å². The van der Waals surface area contributed by atoms with E-state index in [-0.39, 0.29) is 6.61 Å². The molecule has 0 aliphatic rings. The van der Waals surface area contributed by atoms with Gasteiger partial charge in [-0.3, -0.25) is 4.40 Å². The molecule has 2 aromatic rings. The topological polar surface area (TPSA) is 37.5 Å². The van der Waals surface area contributed by atoms with Gasteiger partial charge in [-0.15, -0.1) is 0 Å². The summed E-state index contributed by atoms with van der Waals surface area (Å²) in [5, 5.41) is 8.71. The Morgan fingerprint density at radius 2 is 2.29 bits per heavy atom. The van der Waals surface area contributed by atoms with Crippen LogP contribution in [0.3, 0.4) is 0 Å². The van der Waals surface area contributed by atoms with Gasteiger partial charge < -0.3 is 5.11 Å². The zero-order chi connectivity index (χ0) is 9.97. The van der Waals surface area contributed by atoms with E-state index in [1.54, 1.807) is 0 Å². The zero-order valence-electron chi connectivity index (χ0n) is 7.65. The van der Waals surface area contributed by atoms with E-state index in [0.29, 0.717) is 0 Å². The van der Waals surface area contributed by atoms with Crippen molar-refractivity contribution in [1.29, 1.82) is 0 Å². The summed E-state index contributed by atoms with van der Waals surface area (Å²) in [7, 11) is 0. The maximum absolute atomic E-state index is 8.71. The van der Waals surface area contributed by atoms with Gasteiger partial charge in [-0.2, -0.15) is 0 Å². The fraction of sp³-hybridized carbons (Fsp3) is 0.300. The first-order valence-electron chi connectivity index (χ1n) is 4.54. The number of aliphatic hydroxyl groups is 1. The molecule has 2 heterocycles. The summed E-state index contributed by atoms with van der Waals surface area (Å²) in [5.74, 6) is 0. The lowest BCUT2D eigenvalue weighted by molar-refractivity contribution is 0.288. The minimum Gasteiger partial charge on any atom is -0.396 e. The van der Waals surface area contributed by atoms with Gasteiger partial charge in [0.15, 0.2) is 0 Å². The fourth-order valence-electron chi connectivity index (χ4n) is 1.41. The second-order valence-electron chi connectivity index (χ2n) is 3.14. The summed E-state index contributed by atoms with van der Waals surface area (Å²) >= 11 is 3.45. The molecular weight excluding hydrogens is 244 g/mol. The number of halogens is 1. The SMILES string of the molecule is OCCCc1cn2c(Br)cccc2n1. The molecule has 1 N–H and O–H groups in total. The Bertz CT molecular complexity index is 439. The zero-order valence-corrected chi connectivity index (χ0v) is 9.24. The van der Waals surface area contributed by atoms with Crippen molar-refractivity contribution in [2.45, 2.75) is 12.8 Å². The molecular formula is C10H11BrN2O. The first-order chi connectivity index (χ1) is 6.81. The van der Waals surface area contributed by atoms with E-state index in [0.717, 1.165) is 28.8 Å². The van der Waals surface area contributed by atoms with Crippen LogP contribution in [-0.4, -0.2) is 21.1 Å². The maximum atomic E-state index is 8.71. The normalized spacial score (nSPS) is 11.0. The summed E-state index contributed by atoms with van der Waals surface area (Å²) in [6.45, 7) is 0.217. The second kappa shape index (κ2) is 4.11. The van der Waals surface area contributed by atoms with Crippen molar-refractivity contribution in [2.75, 3.05) is 6.61 Å². The number of hydrogen-bond donors (Lipinski definition) is 1. The number of pyridine rings is 1. The van der Waals surface area contributed by atoms with Crippen molar-refractivity contribution in [3.63, 3.8) is 0 Å². The van der Waals surface area contributed by atoms with E-state index >= 15 is 0 Å². The van der Waals surface area contributed by atoms with E-state index in [9.17, 15) is 0 Å². The molecule has 0 radical (unpaired) electrons. The largest absolute Gasteiger partial charge is 0.396 e. The molecule has 0 unspecified atom stereocenters. The molecule has 0 atom stereocenters. The first kappa shape index (κ1) is 9.68. The molecule has 74 valence electrons. The number of hydrogen-bond acceptors (Lipinski definition) is 2. The molecule has 14 heavy (non-hydrogen) atoms. The monoisotopic (exact) mass is 254 g/mol. The molecule has 0 aliphatic carbocycles. The van der Waals surface area contributed by atoms with Crippen molar-refractivity contribution in [2.24, 2.45) is 0 Å². The van der Waals surface area contributed by atoms with Gasteiger partial charge in [-0.05, 0) is 40.9 Å². The number of rotatable bonds is 3. The molecule has 0 amide bonds. The highest BCUT2D eigenvalue weighted by molar-refractivity contribution is 9.10. The molecule has 4 heteroatoms. The molecule has 0 saturated heterocycles. The number of fused-ring (bicyclic) bond motifs is 1. The smallest absolute Gasteiger partial charge is 0.137 e. The average Bonchev–Trinajstić information content (AvgIpc) is 2.59. The van der Waals surface area contributed by atoms with Crippen LogP contribution >= 0.6 is 15.9 Å². The quantitative estimate of drug-likeness (QED) is 0.852. The van der Waals surface area contributed by atoms with Gasteiger partial charge in [0, 0.05) is 12.8 Å². The van der Waals surface area contributed by atoms with Gasteiger partial charge in [0.1, 0.15) is 5.65 Å². The first-order valence-corrected chi connectivity index (χ1v) is 5.34. The van der Waals surface area contributed by atoms with Gasteiger partial charge in [-0.25, -0.2) is 4.98 Å². The number of aromatic nitrogens is 2. The lowest BCUT2D eigenvalue weighted by atomic mass is 10.3. The predicted molar refractivity (Wildman–Crippen MR) is 58.3 cm³/mol. The van der Waals surface area contributed by atoms with Crippen molar-refractivity contribution in [3.8, 4) is 0 Å². The maximum Gasteiger partial charge on any atom is 0.137 e. The number of aryl methyl sites for hydroxylation is 1. The minimum atomic E-state index is 0.217. The molecule has 2 aromatic heterocycles. The van der Waals surface area contributed by atoms with Crippen LogP contribution in [-0.2, 0) is 6.42 Å². The van der Waals surface area contributed by atoms with E-state index in [1.165, 1.54) is 0 Å². The molecule has 0 aromatic carbocycles.